The molecule has 2 rings (SSSR count). The van der Waals surface area contributed by atoms with Crippen molar-refractivity contribution in [3.05, 3.63) is 59.4 Å². The Morgan fingerprint density at radius 3 is 2.68 bits per heavy atom. The van der Waals surface area contributed by atoms with Crippen LogP contribution in [0.1, 0.15) is 21.6 Å². The molecule has 5 heteroatoms. The van der Waals surface area contributed by atoms with Crippen LogP contribution in [-0.4, -0.2) is 36.0 Å². The number of hydrogen-bond donors (Lipinski definition) is 1. The number of aromatic nitrogens is 1. The molecule has 0 spiro atoms. The number of nitrogens with zero attached hydrogens (tertiary/aromatic N) is 2. The first-order valence-corrected chi connectivity index (χ1v) is 7.20. The Kier molecular flexibility index (Phi) is 5.49. The normalized spacial score (nSPS) is 10.3. The highest BCUT2D eigenvalue weighted by atomic mass is 16.5. The van der Waals surface area contributed by atoms with Gasteiger partial charge in [0.2, 0.25) is 0 Å². The van der Waals surface area contributed by atoms with Gasteiger partial charge in [-0.2, -0.15) is 0 Å². The molecule has 2 N–H and O–H groups in total. The summed E-state index contributed by atoms with van der Waals surface area (Å²) in [5.74, 6) is 0.741. The van der Waals surface area contributed by atoms with Crippen LogP contribution in [0.15, 0.2) is 42.6 Å². The number of carbonyl (C=O) groups excluding carboxylic acids is 1. The molecule has 0 atom stereocenters. The van der Waals surface area contributed by atoms with E-state index >= 15 is 0 Å². The molecule has 0 radical (unpaired) electrons. The first kappa shape index (κ1) is 16.0. The molecule has 0 aliphatic heterocycles. The first-order chi connectivity index (χ1) is 10.6. The van der Waals surface area contributed by atoms with E-state index in [0.29, 0.717) is 31.0 Å². The standard InChI is InChI=1S/C17H21N3O2/c1-13-3-5-16(6-4-13)22-10-9-20(2)17(21)14-7-8-19-15(11-14)12-18/h3-8,11H,9-10,12,18H2,1-2H3. The van der Waals surface area contributed by atoms with E-state index in [4.69, 9.17) is 10.5 Å². The average molecular weight is 299 g/mol. The largest absolute Gasteiger partial charge is 0.492 e. The number of rotatable bonds is 6. The third kappa shape index (κ3) is 4.30. The number of benzene rings is 1. The molecule has 0 unspecified atom stereocenters. The summed E-state index contributed by atoms with van der Waals surface area (Å²) in [6.07, 6.45) is 1.60. The lowest BCUT2D eigenvalue weighted by molar-refractivity contribution is 0.0773. The van der Waals surface area contributed by atoms with Crippen LogP contribution in [0, 0.1) is 6.92 Å². The van der Waals surface area contributed by atoms with Crippen molar-refractivity contribution in [1.29, 1.82) is 0 Å². The van der Waals surface area contributed by atoms with Gasteiger partial charge in [0.05, 0.1) is 12.2 Å². The minimum Gasteiger partial charge on any atom is -0.492 e. The third-order valence-electron chi connectivity index (χ3n) is 3.34. The van der Waals surface area contributed by atoms with E-state index in [1.807, 2.05) is 31.2 Å². The number of likely N-dealkylation sites (N-methyl/N-ethyl adjacent to an activating group) is 1. The van der Waals surface area contributed by atoms with Gasteiger partial charge in [0.1, 0.15) is 12.4 Å². The fourth-order valence-corrected chi connectivity index (χ4v) is 1.98. The second-order valence-corrected chi connectivity index (χ2v) is 5.13. The maximum Gasteiger partial charge on any atom is 0.253 e. The number of aryl methyl sites for hydroxylation is 1. The lowest BCUT2D eigenvalue weighted by Crippen LogP contribution is -2.31. The summed E-state index contributed by atoms with van der Waals surface area (Å²) in [5, 5.41) is 0. The number of nitrogens with two attached hydrogens (primary N) is 1. The van der Waals surface area contributed by atoms with E-state index in [2.05, 4.69) is 4.98 Å². The highest BCUT2D eigenvalue weighted by Gasteiger charge is 2.12. The Morgan fingerprint density at radius 2 is 2.00 bits per heavy atom. The van der Waals surface area contributed by atoms with E-state index in [1.54, 1.807) is 30.3 Å². The molecule has 0 aliphatic carbocycles. The van der Waals surface area contributed by atoms with Gasteiger partial charge in [-0.1, -0.05) is 17.7 Å². The molecule has 1 aromatic heterocycles. The summed E-state index contributed by atoms with van der Waals surface area (Å²) in [7, 11) is 1.75. The highest BCUT2D eigenvalue weighted by Crippen LogP contribution is 2.11. The number of ether oxygens (including phenoxy) is 1. The van der Waals surface area contributed by atoms with Crippen LogP contribution in [-0.2, 0) is 6.54 Å². The van der Waals surface area contributed by atoms with Gasteiger partial charge in [0.25, 0.3) is 5.91 Å². The van der Waals surface area contributed by atoms with Gasteiger partial charge in [-0.25, -0.2) is 0 Å². The van der Waals surface area contributed by atoms with Crippen molar-refractivity contribution in [2.24, 2.45) is 5.73 Å². The fraction of sp³-hybridized carbons (Fsp3) is 0.294. The van der Waals surface area contributed by atoms with Gasteiger partial charge in [0.15, 0.2) is 0 Å². The van der Waals surface area contributed by atoms with Crippen LogP contribution < -0.4 is 10.5 Å². The van der Waals surface area contributed by atoms with Crippen LogP contribution in [0.3, 0.4) is 0 Å². The summed E-state index contributed by atoms with van der Waals surface area (Å²) in [6.45, 7) is 3.30. The molecule has 22 heavy (non-hydrogen) atoms. The molecule has 1 amide bonds. The number of hydrogen-bond acceptors (Lipinski definition) is 4. The molecule has 0 saturated carbocycles. The Morgan fingerprint density at radius 1 is 1.27 bits per heavy atom. The maximum atomic E-state index is 12.3. The lowest BCUT2D eigenvalue weighted by atomic mass is 10.2. The Bertz CT molecular complexity index is 626. The minimum atomic E-state index is -0.0652. The summed E-state index contributed by atoms with van der Waals surface area (Å²) in [4.78, 5) is 18.0. The predicted octanol–water partition coefficient (Wildman–Crippen LogP) is 2.00. The lowest BCUT2D eigenvalue weighted by Gasteiger charge is -2.17. The van der Waals surface area contributed by atoms with Gasteiger partial charge in [-0.15, -0.1) is 0 Å². The second kappa shape index (κ2) is 7.56. The molecular weight excluding hydrogens is 278 g/mol. The zero-order valence-corrected chi connectivity index (χ0v) is 13.0. The third-order valence-corrected chi connectivity index (χ3v) is 3.34. The quantitative estimate of drug-likeness (QED) is 0.886. The smallest absolute Gasteiger partial charge is 0.253 e. The summed E-state index contributed by atoms with van der Waals surface area (Å²) >= 11 is 0. The Labute approximate surface area is 130 Å². The van der Waals surface area contributed by atoms with E-state index < -0.39 is 0 Å². The van der Waals surface area contributed by atoms with Gasteiger partial charge >= 0.3 is 0 Å². The average Bonchev–Trinajstić information content (AvgIpc) is 2.56. The molecule has 0 fully saturated rings. The van der Waals surface area contributed by atoms with Gasteiger partial charge in [-0.3, -0.25) is 9.78 Å². The predicted molar refractivity (Wildman–Crippen MR) is 85.8 cm³/mol. The molecule has 5 nitrogen and oxygen atoms in total. The minimum absolute atomic E-state index is 0.0652. The Hall–Kier alpha value is -2.40. The van der Waals surface area contributed by atoms with Gasteiger partial charge < -0.3 is 15.4 Å². The fourth-order valence-electron chi connectivity index (χ4n) is 1.98. The van der Waals surface area contributed by atoms with Crippen molar-refractivity contribution in [2.45, 2.75) is 13.5 Å². The number of amides is 1. The van der Waals surface area contributed by atoms with Gasteiger partial charge in [-0.05, 0) is 31.2 Å². The van der Waals surface area contributed by atoms with E-state index in [9.17, 15) is 4.79 Å². The molecule has 2 aromatic rings. The number of pyridine rings is 1. The molecule has 0 saturated heterocycles. The summed E-state index contributed by atoms with van der Waals surface area (Å²) in [5.41, 5.74) is 8.03. The van der Waals surface area contributed by atoms with Crippen molar-refractivity contribution in [3.8, 4) is 5.75 Å². The SMILES string of the molecule is Cc1ccc(OCCN(C)C(=O)c2ccnc(CN)c2)cc1. The monoisotopic (exact) mass is 299 g/mol. The van der Waals surface area contributed by atoms with Crippen LogP contribution in [0.25, 0.3) is 0 Å². The second-order valence-electron chi connectivity index (χ2n) is 5.13. The van der Waals surface area contributed by atoms with Crippen molar-refractivity contribution in [2.75, 3.05) is 20.2 Å². The molecule has 1 aromatic carbocycles. The van der Waals surface area contributed by atoms with Crippen molar-refractivity contribution in [3.63, 3.8) is 0 Å². The van der Waals surface area contributed by atoms with Crippen LogP contribution >= 0.6 is 0 Å². The zero-order chi connectivity index (χ0) is 15.9. The van der Waals surface area contributed by atoms with Crippen molar-refractivity contribution < 1.29 is 9.53 Å². The Balaban J connectivity index is 1.87. The molecule has 0 aliphatic rings. The molecule has 0 bridgehead atoms. The summed E-state index contributed by atoms with van der Waals surface area (Å²) in [6, 6.07) is 11.3. The maximum absolute atomic E-state index is 12.3. The number of carbonyl (C=O) groups is 1. The van der Waals surface area contributed by atoms with E-state index in [0.717, 1.165) is 5.75 Å². The summed E-state index contributed by atoms with van der Waals surface area (Å²) < 4.78 is 5.64. The topological polar surface area (TPSA) is 68.5 Å². The van der Waals surface area contributed by atoms with Gasteiger partial charge in [0, 0.05) is 25.4 Å². The van der Waals surface area contributed by atoms with Crippen LogP contribution in [0.5, 0.6) is 5.75 Å². The van der Waals surface area contributed by atoms with Crippen LogP contribution in [0.2, 0.25) is 0 Å². The molecule has 116 valence electrons. The van der Waals surface area contributed by atoms with Crippen LogP contribution in [0.4, 0.5) is 0 Å². The molecule has 1 heterocycles. The van der Waals surface area contributed by atoms with Crippen molar-refractivity contribution in [1.82, 2.24) is 9.88 Å². The zero-order valence-electron chi connectivity index (χ0n) is 13.0. The van der Waals surface area contributed by atoms with E-state index in [1.165, 1.54) is 5.56 Å². The van der Waals surface area contributed by atoms with Crippen molar-refractivity contribution >= 4 is 5.91 Å². The first-order valence-electron chi connectivity index (χ1n) is 7.20. The highest BCUT2D eigenvalue weighted by molar-refractivity contribution is 5.94. The van der Waals surface area contributed by atoms with E-state index in [-0.39, 0.29) is 5.91 Å². The molecular formula is C17H21N3O2.